The fraction of sp³-hybridized carbons (Fsp3) is 0.235. The minimum absolute atomic E-state index is 0.345. The van der Waals surface area contributed by atoms with E-state index in [2.05, 4.69) is 5.32 Å². The first-order valence-corrected chi connectivity index (χ1v) is 6.94. The van der Waals surface area contributed by atoms with Gasteiger partial charge in [-0.05, 0) is 49.8 Å². The van der Waals surface area contributed by atoms with Crippen molar-refractivity contribution in [1.82, 2.24) is 5.32 Å². The first-order valence-electron chi connectivity index (χ1n) is 6.94. The van der Waals surface area contributed by atoms with E-state index in [1.165, 1.54) is 30.3 Å². The highest BCUT2D eigenvalue weighted by Gasteiger charge is 2.17. The molecule has 2 unspecified atom stereocenters. The number of carbonyl (C=O) groups is 1. The van der Waals surface area contributed by atoms with Crippen LogP contribution in [-0.2, 0) is 4.79 Å². The van der Waals surface area contributed by atoms with Crippen LogP contribution in [0, 0.1) is 12.7 Å². The van der Waals surface area contributed by atoms with Crippen LogP contribution in [0.5, 0.6) is 0 Å². The van der Waals surface area contributed by atoms with E-state index in [0.29, 0.717) is 11.3 Å². The van der Waals surface area contributed by atoms with Gasteiger partial charge in [-0.3, -0.25) is 4.79 Å². The van der Waals surface area contributed by atoms with Gasteiger partial charge in [-0.1, -0.05) is 12.1 Å². The first-order chi connectivity index (χ1) is 10.5. The third-order valence-corrected chi connectivity index (χ3v) is 3.22. The molecule has 1 heterocycles. The third kappa shape index (κ3) is 4.30. The van der Waals surface area contributed by atoms with E-state index in [9.17, 15) is 14.3 Å². The lowest BCUT2D eigenvalue weighted by Crippen LogP contribution is -2.36. The van der Waals surface area contributed by atoms with Crippen molar-refractivity contribution in [2.45, 2.75) is 26.0 Å². The number of halogens is 1. The molecule has 22 heavy (non-hydrogen) atoms. The quantitative estimate of drug-likeness (QED) is 0.835. The molecular formula is C17H18FNO3. The highest BCUT2D eigenvalue weighted by molar-refractivity contribution is 5.91. The standard InChI is InChI=1S/C17H18FNO3/c1-11-3-8-15(22-11)9-10-16(20)19-12(2)17(21)13-4-6-14(18)7-5-13/h3-10,12,17,21H,1-2H3,(H,19,20)/b10-9+. The average molecular weight is 303 g/mol. The minimum Gasteiger partial charge on any atom is -0.462 e. The van der Waals surface area contributed by atoms with E-state index < -0.39 is 12.1 Å². The molecule has 5 heteroatoms. The number of hydrogen-bond acceptors (Lipinski definition) is 3. The van der Waals surface area contributed by atoms with Crippen molar-refractivity contribution >= 4 is 12.0 Å². The second kappa shape index (κ2) is 7.04. The van der Waals surface area contributed by atoms with Gasteiger partial charge in [0.1, 0.15) is 17.3 Å². The van der Waals surface area contributed by atoms with Crippen molar-refractivity contribution in [2.24, 2.45) is 0 Å². The van der Waals surface area contributed by atoms with Crippen LogP contribution in [0.1, 0.15) is 30.1 Å². The highest BCUT2D eigenvalue weighted by atomic mass is 19.1. The fourth-order valence-electron chi connectivity index (χ4n) is 2.00. The largest absolute Gasteiger partial charge is 0.462 e. The minimum atomic E-state index is -0.913. The molecule has 1 amide bonds. The first kappa shape index (κ1) is 16.0. The van der Waals surface area contributed by atoms with Gasteiger partial charge in [0.15, 0.2) is 0 Å². The molecule has 2 atom stereocenters. The second-order valence-electron chi connectivity index (χ2n) is 5.08. The van der Waals surface area contributed by atoms with E-state index in [0.717, 1.165) is 5.76 Å². The van der Waals surface area contributed by atoms with Crippen LogP contribution in [0.15, 0.2) is 46.9 Å². The number of furan rings is 1. The zero-order valence-corrected chi connectivity index (χ0v) is 12.4. The predicted octanol–water partition coefficient (Wildman–Crippen LogP) is 2.98. The normalized spacial score (nSPS) is 14.0. The van der Waals surface area contributed by atoms with E-state index in [-0.39, 0.29) is 11.7 Å². The molecule has 2 rings (SSSR count). The van der Waals surface area contributed by atoms with Gasteiger partial charge in [-0.25, -0.2) is 4.39 Å². The smallest absolute Gasteiger partial charge is 0.244 e. The Balaban J connectivity index is 1.92. The highest BCUT2D eigenvalue weighted by Crippen LogP contribution is 2.17. The summed E-state index contributed by atoms with van der Waals surface area (Å²) >= 11 is 0. The zero-order valence-electron chi connectivity index (χ0n) is 12.4. The van der Waals surface area contributed by atoms with Crippen LogP contribution < -0.4 is 5.32 Å². The van der Waals surface area contributed by atoms with Crippen LogP contribution in [0.25, 0.3) is 6.08 Å². The zero-order chi connectivity index (χ0) is 16.1. The molecule has 0 aliphatic heterocycles. The molecule has 0 saturated carbocycles. The number of aliphatic hydroxyl groups is 1. The van der Waals surface area contributed by atoms with Crippen molar-refractivity contribution < 1.29 is 18.7 Å². The number of carbonyl (C=O) groups excluding carboxylic acids is 1. The molecule has 0 radical (unpaired) electrons. The van der Waals surface area contributed by atoms with Gasteiger partial charge in [0.2, 0.25) is 5.91 Å². The summed E-state index contributed by atoms with van der Waals surface area (Å²) in [7, 11) is 0. The van der Waals surface area contributed by atoms with Gasteiger partial charge in [0.25, 0.3) is 0 Å². The fourth-order valence-corrected chi connectivity index (χ4v) is 2.00. The van der Waals surface area contributed by atoms with Gasteiger partial charge in [0.05, 0.1) is 12.1 Å². The molecule has 0 saturated heterocycles. The Morgan fingerprint density at radius 1 is 1.27 bits per heavy atom. The summed E-state index contributed by atoms with van der Waals surface area (Å²) in [6, 6.07) is 8.57. The van der Waals surface area contributed by atoms with Crippen LogP contribution >= 0.6 is 0 Å². The molecular weight excluding hydrogens is 285 g/mol. The van der Waals surface area contributed by atoms with E-state index in [4.69, 9.17) is 4.42 Å². The molecule has 0 aliphatic carbocycles. The van der Waals surface area contributed by atoms with Crippen molar-refractivity contribution in [3.63, 3.8) is 0 Å². The van der Waals surface area contributed by atoms with Gasteiger partial charge in [0, 0.05) is 6.08 Å². The summed E-state index contributed by atoms with van der Waals surface area (Å²) < 4.78 is 18.2. The molecule has 0 fully saturated rings. The van der Waals surface area contributed by atoms with Crippen molar-refractivity contribution in [2.75, 3.05) is 0 Å². The lowest BCUT2D eigenvalue weighted by molar-refractivity contribution is -0.117. The van der Waals surface area contributed by atoms with Crippen molar-refractivity contribution in [3.8, 4) is 0 Å². The summed E-state index contributed by atoms with van der Waals surface area (Å²) in [6.07, 6.45) is 1.98. The summed E-state index contributed by atoms with van der Waals surface area (Å²) in [6.45, 7) is 3.50. The number of aryl methyl sites for hydroxylation is 1. The monoisotopic (exact) mass is 303 g/mol. The maximum atomic E-state index is 12.9. The molecule has 4 nitrogen and oxygen atoms in total. The molecule has 0 bridgehead atoms. The summed E-state index contributed by atoms with van der Waals surface area (Å²) in [5.74, 6) is 0.631. The number of nitrogens with one attached hydrogen (secondary N) is 1. The van der Waals surface area contributed by atoms with Gasteiger partial charge in [-0.15, -0.1) is 0 Å². The Morgan fingerprint density at radius 3 is 2.55 bits per heavy atom. The number of aliphatic hydroxyl groups excluding tert-OH is 1. The molecule has 1 aromatic heterocycles. The van der Waals surface area contributed by atoms with Gasteiger partial charge >= 0.3 is 0 Å². The molecule has 0 aliphatic rings. The lowest BCUT2D eigenvalue weighted by atomic mass is 10.0. The maximum absolute atomic E-state index is 12.9. The van der Waals surface area contributed by atoms with Crippen LogP contribution in [-0.4, -0.2) is 17.1 Å². The Kier molecular flexibility index (Phi) is 5.12. The summed E-state index contributed by atoms with van der Waals surface area (Å²) in [5, 5.41) is 12.8. The molecule has 2 aromatic rings. The summed E-state index contributed by atoms with van der Waals surface area (Å²) in [4.78, 5) is 11.8. The topological polar surface area (TPSA) is 62.5 Å². The SMILES string of the molecule is Cc1ccc(/C=C/C(=O)NC(C)C(O)c2ccc(F)cc2)o1. The maximum Gasteiger partial charge on any atom is 0.244 e. The molecule has 0 spiro atoms. The van der Waals surface area contributed by atoms with Crippen LogP contribution in [0.2, 0.25) is 0 Å². The second-order valence-corrected chi connectivity index (χ2v) is 5.08. The van der Waals surface area contributed by atoms with E-state index in [1.54, 1.807) is 25.1 Å². The molecule has 116 valence electrons. The van der Waals surface area contributed by atoms with Gasteiger partial charge < -0.3 is 14.8 Å². The van der Waals surface area contributed by atoms with Crippen molar-refractivity contribution in [3.05, 3.63) is 65.4 Å². The average Bonchev–Trinajstić information content (AvgIpc) is 2.91. The van der Waals surface area contributed by atoms with Crippen LogP contribution in [0.4, 0.5) is 4.39 Å². The predicted molar refractivity (Wildman–Crippen MR) is 81.4 cm³/mol. The number of amides is 1. The Hall–Kier alpha value is -2.40. The molecule has 2 N–H and O–H groups in total. The lowest BCUT2D eigenvalue weighted by Gasteiger charge is -2.19. The summed E-state index contributed by atoms with van der Waals surface area (Å²) in [5.41, 5.74) is 0.542. The van der Waals surface area contributed by atoms with Crippen LogP contribution in [0.3, 0.4) is 0 Å². The third-order valence-electron chi connectivity index (χ3n) is 3.22. The Bertz CT molecular complexity index is 661. The Morgan fingerprint density at radius 2 is 1.95 bits per heavy atom. The number of benzene rings is 1. The number of rotatable bonds is 5. The Labute approximate surface area is 128 Å². The molecule has 1 aromatic carbocycles. The van der Waals surface area contributed by atoms with Crippen molar-refractivity contribution in [1.29, 1.82) is 0 Å². The number of hydrogen-bond donors (Lipinski definition) is 2. The van der Waals surface area contributed by atoms with Gasteiger partial charge in [-0.2, -0.15) is 0 Å². The van der Waals surface area contributed by atoms with E-state index in [1.807, 2.05) is 6.92 Å². The van der Waals surface area contributed by atoms with E-state index >= 15 is 0 Å².